The first kappa shape index (κ1) is 22.3. The van der Waals surface area contributed by atoms with Crippen molar-refractivity contribution >= 4 is 23.5 Å². The van der Waals surface area contributed by atoms with Gasteiger partial charge in [-0.25, -0.2) is 22.9 Å². The van der Waals surface area contributed by atoms with Crippen molar-refractivity contribution in [1.29, 1.82) is 0 Å². The molecule has 4 heterocycles. The van der Waals surface area contributed by atoms with Gasteiger partial charge in [0.05, 0.1) is 18.5 Å². The number of carbonyl (C=O) groups is 1. The van der Waals surface area contributed by atoms with Gasteiger partial charge in [0.1, 0.15) is 11.8 Å². The summed E-state index contributed by atoms with van der Waals surface area (Å²) in [7, 11) is 0. The number of anilines is 2. The first-order valence-corrected chi connectivity index (χ1v) is 10.6. The topological polar surface area (TPSA) is 128 Å². The van der Waals surface area contributed by atoms with Crippen LogP contribution in [-0.4, -0.2) is 68.1 Å². The van der Waals surface area contributed by atoms with Crippen LogP contribution in [0, 0.1) is 0 Å². The van der Waals surface area contributed by atoms with Crippen LogP contribution in [0.3, 0.4) is 0 Å². The predicted molar refractivity (Wildman–Crippen MR) is 111 cm³/mol. The lowest BCUT2D eigenvalue weighted by molar-refractivity contribution is 0.0604. The van der Waals surface area contributed by atoms with Crippen LogP contribution in [0.2, 0.25) is 0 Å². The highest BCUT2D eigenvalue weighted by atomic mass is 19.3. The van der Waals surface area contributed by atoms with E-state index in [1.165, 1.54) is 22.9 Å². The molecule has 1 amide bonds. The van der Waals surface area contributed by atoms with Crippen molar-refractivity contribution < 1.29 is 32.2 Å². The minimum Gasteiger partial charge on any atom is -0.470 e. The predicted octanol–water partition coefficient (Wildman–Crippen LogP) is 2.90. The van der Waals surface area contributed by atoms with Gasteiger partial charge in [0.25, 0.3) is 6.43 Å². The Bertz CT molecular complexity index is 1180. The lowest BCUT2D eigenvalue weighted by Gasteiger charge is -2.17. The van der Waals surface area contributed by atoms with Gasteiger partial charge in [-0.3, -0.25) is 9.50 Å². The monoisotopic (exact) mass is 481 g/mol. The molecule has 5 rings (SSSR count). The summed E-state index contributed by atoms with van der Waals surface area (Å²) in [6, 6.07) is 3.12. The van der Waals surface area contributed by atoms with E-state index in [2.05, 4.69) is 30.8 Å². The first-order valence-electron chi connectivity index (χ1n) is 10.6. The number of aromatic amines is 1. The number of rotatable bonds is 8. The number of H-pyrrole nitrogens is 1. The molecule has 0 bridgehead atoms. The van der Waals surface area contributed by atoms with Crippen LogP contribution >= 0.6 is 0 Å². The average Bonchev–Trinajstić information content (AvgIpc) is 3.15. The number of amides is 1. The molecule has 1 saturated heterocycles. The molecule has 0 unspecified atom stereocenters. The van der Waals surface area contributed by atoms with E-state index in [0.717, 1.165) is 12.8 Å². The largest absolute Gasteiger partial charge is 0.470 e. The van der Waals surface area contributed by atoms with Crippen molar-refractivity contribution in [3.8, 4) is 5.88 Å². The highest BCUT2D eigenvalue weighted by Crippen LogP contribution is 2.36. The average molecular weight is 481 g/mol. The van der Waals surface area contributed by atoms with Gasteiger partial charge >= 0.3 is 6.09 Å². The number of ether oxygens (including phenoxy) is 3. The zero-order valence-electron chi connectivity index (χ0n) is 18.0. The maximum atomic E-state index is 14.9. The number of carbonyl (C=O) groups excluding carboxylic acids is 1. The maximum Gasteiger partial charge on any atom is 0.408 e. The van der Waals surface area contributed by atoms with E-state index in [0.29, 0.717) is 17.2 Å². The molecule has 1 aliphatic carbocycles. The van der Waals surface area contributed by atoms with Crippen molar-refractivity contribution in [3.63, 3.8) is 0 Å². The van der Waals surface area contributed by atoms with Crippen molar-refractivity contribution in [2.75, 3.05) is 18.5 Å². The molecule has 0 aromatic carbocycles. The third-order valence-corrected chi connectivity index (χ3v) is 5.61. The number of hydrogen-bond acceptors (Lipinski definition) is 8. The van der Waals surface area contributed by atoms with Crippen molar-refractivity contribution in [2.24, 2.45) is 0 Å². The Kier molecular flexibility index (Phi) is 5.67. The lowest BCUT2D eigenvalue weighted by Crippen LogP contribution is -2.39. The van der Waals surface area contributed by atoms with E-state index in [1.54, 1.807) is 6.07 Å². The molecule has 11 nitrogen and oxygen atoms in total. The van der Waals surface area contributed by atoms with Crippen LogP contribution in [0.4, 0.5) is 29.7 Å². The first-order chi connectivity index (χ1) is 16.3. The number of nitrogens with zero attached hydrogens (tertiary/aromatic N) is 4. The van der Waals surface area contributed by atoms with Gasteiger partial charge in [-0.2, -0.15) is 10.1 Å². The summed E-state index contributed by atoms with van der Waals surface area (Å²) in [4.78, 5) is 20.3. The summed E-state index contributed by atoms with van der Waals surface area (Å²) in [6.07, 6.45) is -2.31. The molecule has 34 heavy (non-hydrogen) atoms. The van der Waals surface area contributed by atoms with Gasteiger partial charge in [0.2, 0.25) is 11.8 Å². The van der Waals surface area contributed by atoms with Crippen molar-refractivity contribution in [1.82, 2.24) is 29.9 Å². The molecule has 2 aliphatic rings. The van der Waals surface area contributed by atoms with Gasteiger partial charge in [-0.15, -0.1) is 0 Å². The third kappa shape index (κ3) is 4.71. The van der Waals surface area contributed by atoms with Gasteiger partial charge < -0.3 is 24.8 Å². The second-order valence-corrected chi connectivity index (χ2v) is 8.44. The van der Waals surface area contributed by atoms with Gasteiger partial charge in [-0.05, 0) is 25.8 Å². The fraction of sp³-hybridized carbons (Fsp3) is 0.500. The summed E-state index contributed by atoms with van der Waals surface area (Å²) < 4.78 is 56.9. The van der Waals surface area contributed by atoms with Gasteiger partial charge in [-0.1, -0.05) is 0 Å². The number of imidazole rings is 1. The fourth-order valence-electron chi connectivity index (χ4n) is 3.53. The van der Waals surface area contributed by atoms with Crippen LogP contribution in [0.1, 0.15) is 31.6 Å². The van der Waals surface area contributed by atoms with Crippen molar-refractivity contribution in [3.05, 3.63) is 30.2 Å². The Morgan fingerprint density at radius 3 is 3.03 bits per heavy atom. The lowest BCUT2D eigenvalue weighted by atomic mass is 10.1. The number of halogens is 3. The minimum atomic E-state index is -2.62. The molecule has 14 heteroatoms. The highest BCUT2D eigenvalue weighted by Gasteiger charge is 2.44. The zero-order valence-corrected chi connectivity index (χ0v) is 18.0. The van der Waals surface area contributed by atoms with Crippen molar-refractivity contribution in [2.45, 2.75) is 50.1 Å². The van der Waals surface area contributed by atoms with Gasteiger partial charge in [0.15, 0.2) is 24.7 Å². The molecule has 0 radical (unpaired) electrons. The van der Waals surface area contributed by atoms with E-state index in [4.69, 9.17) is 14.2 Å². The quantitative estimate of drug-likeness (QED) is 0.448. The van der Waals surface area contributed by atoms with E-state index >= 15 is 0 Å². The summed E-state index contributed by atoms with van der Waals surface area (Å²) in [5.41, 5.74) is 0.487. The molecule has 182 valence electrons. The smallest absolute Gasteiger partial charge is 0.408 e. The number of alkyl halides is 3. The SMILES string of the molecule is CC1(NC(=O)O[C@@H]2CO[C@H](c3cc(Nc4nccc5nc(OCC(F)F)cn45)n[nH]3)[C@H]2F)CC1. The molecular weight excluding hydrogens is 459 g/mol. The Morgan fingerprint density at radius 1 is 1.44 bits per heavy atom. The molecule has 3 atom stereocenters. The zero-order chi connectivity index (χ0) is 23.9. The molecule has 1 saturated carbocycles. The number of aromatic nitrogens is 5. The second kappa shape index (κ2) is 8.66. The summed E-state index contributed by atoms with van der Waals surface area (Å²) in [5.74, 6) is 0.605. The highest BCUT2D eigenvalue weighted by molar-refractivity contribution is 5.69. The Hall–Kier alpha value is -3.55. The summed E-state index contributed by atoms with van der Waals surface area (Å²) in [6.45, 7) is 1.03. The third-order valence-electron chi connectivity index (χ3n) is 5.61. The molecule has 3 N–H and O–H groups in total. The number of nitrogens with one attached hydrogen (secondary N) is 3. The van der Waals surface area contributed by atoms with E-state index < -0.39 is 37.5 Å². The maximum absolute atomic E-state index is 14.9. The van der Waals surface area contributed by atoms with E-state index in [9.17, 15) is 18.0 Å². The molecule has 0 spiro atoms. The van der Waals surface area contributed by atoms with Crippen LogP contribution in [0.5, 0.6) is 5.88 Å². The Morgan fingerprint density at radius 2 is 2.26 bits per heavy atom. The van der Waals surface area contributed by atoms with Crippen LogP contribution in [-0.2, 0) is 9.47 Å². The second-order valence-electron chi connectivity index (χ2n) is 8.44. The van der Waals surface area contributed by atoms with E-state index in [1.807, 2.05) is 6.92 Å². The Balaban J connectivity index is 1.24. The van der Waals surface area contributed by atoms with Crippen LogP contribution in [0.15, 0.2) is 24.5 Å². The molecule has 2 fully saturated rings. The molecular formula is C20H22F3N7O4. The number of alkyl carbamates (subject to hydrolysis) is 1. The normalized spacial score (nSPS) is 23.3. The molecule has 3 aromatic heterocycles. The molecule has 1 aliphatic heterocycles. The van der Waals surface area contributed by atoms with Gasteiger partial charge in [0, 0.05) is 17.8 Å². The Labute approximate surface area is 191 Å². The summed E-state index contributed by atoms with van der Waals surface area (Å²) >= 11 is 0. The summed E-state index contributed by atoms with van der Waals surface area (Å²) in [5, 5.41) is 12.5. The van der Waals surface area contributed by atoms with Crippen LogP contribution < -0.4 is 15.4 Å². The standard InChI is InChI=1S/C20H22F3N7O4/c1-20(3-4-20)27-19(31)34-11-8-33-17(16(11)23)10-6-13(29-28-10)25-18-24-5-2-14-26-15(7-30(14)18)32-9-12(21)22/h2,5-7,11-12,16-17H,3-4,8-9H2,1H3,(H,27,31)(H2,24,25,28,29)/t11-,16+,17-/m1/s1. The molecule has 3 aromatic rings. The van der Waals surface area contributed by atoms with Crippen LogP contribution in [0.25, 0.3) is 5.65 Å². The number of hydrogen-bond donors (Lipinski definition) is 3. The minimum absolute atomic E-state index is 0.0180. The number of fused-ring (bicyclic) bond motifs is 1. The van der Waals surface area contributed by atoms with E-state index in [-0.39, 0.29) is 24.0 Å². The fourth-order valence-corrected chi connectivity index (χ4v) is 3.53.